The Hall–Kier alpha value is -1.25. The molecule has 64 valence electrons. The first-order chi connectivity index (χ1) is 5.68. The maximum absolute atomic E-state index is 4.31. The zero-order valence-corrected chi connectivity index (χ0v) is 7.65. The van der Waals surface area contributed by atoms with Crippen molar-refractivity contribution < 1.29 is 0 Å². The molecule has 0 aliphatic carbocycles. The molecule has 0 radical (unpaired) electrons. The first kappa shape index (κ1) is 7.40. The molecular formula is C9H13N3. The molecule has 0 aliphatic rings. The molecule has 0 amide bonds. The molecule has 2 rings (SSSR count). The van der Waals surface area contributed by atoms with Crippen molar-refractivity contribution in [1.82, 2.24) is 14.2 Å². The minimum Gasteiger partial charge on any atom is -0.329 e. The number of hydrogen-bond donors (Lipinski definition) is 0. The van der Waals surface area contributed by atoms with E-state index in [1.54, 1.807) is 0 Å². The van der Waals surface area contributed by atoms with Crippen LogP contribution < -0.4 is 0 Å². The van der Waals surface area contributed by atoms with Crippen molar-refractivity contribution >= 4 is 5.65 Å². The molecule has 2 aromatic heterocycles. The number of nitrogens with zero attached hydrogens (tertiary/aromatic N) is 3. The van der Waals surface area contributed by atoms with Gasteiger partial charge in [-0.1, -0.05) is 0 Å². The largest absolute Gasteiger partial charge is 0.329 e. The van der Waals surface area contributed by atoms with Crippen LogP contribution >= 0.6 is 0 Å². The Morgan fingerprint density at radius 1 is 1.33 bits per heavy atom. The molecule has 3 nitrogen and oxygen atoms in total. The van der Waals surface area contributed by atoms with Gasteiger partial charge in [-0.05, 0) is 20.8 Å². The first-order valence-electron chi connectivity index (χ1n) is 4.21. The van der Waals surface area contributed by atoms with Crippen LogP contribution in [0, 0.1) is 6.92 Å². The summed E-state index contributed by atoms with van der Waals surface area (Å²) in [4.78, 5) is 0. The normalized spacial score (nSPS) is 11.7. The van der Waals surface area contributed by atoms with Crippen LogP contribution in [0.3, 0.4) is 0 Å². The zero-order chi connectivity index (χ0) is 8.72. The van der Waals surface area contributed by atoms with Crippen molar-refractivity contribution in [2.45, 2.75) is 26.8 Å². The third-order valence-electron chi connectivity index (χ3n) is 2.03. The molecule has 0 unspecified atom stereocenters. The lowest BCUT2D eigenvalue weighted by Crippen LogP contribution is -1.97. The minimum absolute atomic E-state index is 0.499. The van der Waals surface area contributed by atoms with Crippen LogP contribution in [-0.2, 0) is 0 Å². The van der Waals surface area contributed by atoms with Crippen LogP contribution in [-0.4, -0.2) is 14.2 Å². The Bertz CT molecular complexity index is 395. The lowest BCUT2D eigenvalue weighted by Gasteiger charge is -2.05. The second-order valence-electron chi connectivity index (χ2n) is 3.39. The van der Waals surface area contributed by atoms with E-state index in [9.17, 15) is 0 Å². The summed E-state index contributed by atoms with van der Waals surface area (Å²) < 4.78 is 4.12. The molecule has 0 N–H and O–H groups in total. The topological polar surface area (TPSA) is 22.2 Å². The average molecular weight is 163 g/mol. The smallest absolute Gasteiger partial charge is 0.136 e. The van der Waals surface area contributed by atoms with Gasteiger partial charge in [-0.25, -0.2) is 4.52 Å². The van der Waals surface area contributed by atoms with Gasteiger partial charge >= 0.3 is 0 Å². The van der Waals surface area contributed by atoms with Gasteiger partial charge in [0.2, 0.25) is 0 Å². The van der Waals surface area contributed by atoms with Crippen LogP contribution in [0.25, 0.3) is 5.65 Å². The fourth-order valence-electron chi connectivity index (χ4n) is 1.45. The summed E-state index contributed by atoms with van der Waals surface area (Å²) in [6, 6.07) is 2.60. The van der Waals surface area contributed by atoms with Crippen molar-refractivity contribution in [1.29, 1.82) is 0 Å². The molecule has 2 heterocycles. The van der Waals surface area contributed by atoms with E-state index in [0.29, 0.717) is 6.04 Å². The van der Waals surface area contributed by atoms with Gasteiger partial charge in [0.25, 0.3) is 0 Å². The summed E-state index contributed by atoms with van der Waals surface area (Å²) in [7, 11) is 0. The number of aryl methyl sites for hydroxylation is 1. The van der Waals surface area contributed by atoms with Crippen molar-refractivity contribution in [2.24, 2.45) is 0 Å². The van der Waals surface area contributed by atoms with Crippen LogP contribution in [0.2, 0.25) is 0 Å². The highest BCUT2D eigenvalue weighted by atomic mass is 15.3. The summed E-state index contributed by atoms with van der Waals surface area (Å²) >= 11 is 0. The summed E-state index contributed by atoms with van der Waals surface area (Å²) in [5.41, 5.74) is 2.24. The quantitative estimate of drug-likeness (QED) is 0.630. The molecule has 3 heteroatoms. The van der Waals surface area contributed by atoms with E-state index in [2.05, 4.69) is 35.8 Å². The first-order valence-corrected chi connectivity index (χ1v) is 4.21. The molecule has 0 aliphatic heterocycles. The van der Waals surface area contributed by atoms with Gasteiger partial charge in [-0.15, -0.1) is 0 Å². The number of rotatable bonds is 1. The number of imidazole rings is 1. The van der Waals surface area contributed by atoms with E-state index in [0.717, 1.165) is 5.69 Å². The number of fused-ring (bicyclic) bond motifs is 1. The SMILES string of the molecule is Cc1cc2n(C(C)C)ccn2n1. The molecule has 0 saturated heterocycles. The second-order valence-corrected chi connectivity index (χ2v) is 3.39. The highest BCUT2D eigenvalue weighted by Gasteiger charge is 2.05. The van der Waals surface area contributed by atoms with E-state index >= 15 is 0 Å². The molecule has 0 aromatic carbocycles. The molecule has 0 spiro atoms. The number of hydrogen-bond acceptors (Lipinski definition) is 1. The van der Waals surface area contributed by atoms with Crippen molar-refractivity contribution in [3.05, 3.63) is 24.2 Å². The van der Waals surface area contributed by atoms with Gasteiger partial charge in [0.1, 0.15) is 5.65 Å². The molecule has 0 bridgehead atoms. The lowest BCUT2D eigenvalue weighted by atomic mass is 10.4. The predicted molar refractivity (Wildman–Crippen MR) is 48.3 cm³/mol. The van der Waals surface area contributed by atoms with Crippen LogP contribution in [0.15, 0.2) is 18.5 Å². The summed E-state index contributed by atoms with van der Waals surface area (Å²) in [5.74, 6) is 0. The van der Waals surface area contributed by atoms with Crippen LogP contribution in [0.4, 0.5) is 0 Å². The van der Waals surface area contributed by atoms with Crippen molar-refractivity contribution in [3.63, 3.8) is 0 Å². The van der Waals surface area contributed by atoms with E-state index in [4.69, 9.17) is 0 Å². The second kappa shape index (κ2) is 2.37. The highest BCUT2D eigenvalue weighted by Crippen LogP contribution is 2.12. The van der Waals surface area contributed by atoms with Crippen LogP contribution in [0.1, 0.15) is 25.6 Å². The average Bonchev–Trinajstić information content (AvgIpc) is 2.43. The van der Waals surface area contributed by atoms with Gasteiger partial charge in [-0.2, -0.15) is 5.10 Å². The molecule has 12 heavy (non-hydrogen) atoms. The van der Waals surface area contributed by atoms with Gasteiger partial charge < -0.3 is 4.57 Å². The number of aromatic nitrogens is 3. The summed E-state index contributed by atoms with van der Waals surface area (Å²) in [6.07, 6.45) is 4.05. The standard InChI is InChI=1S/C9H13N3/c1-7(2)11-4-5-12-9(11)6-8(3)10-12/h4-7H,1-3H3. The maximum Gasteiger partial charge on any atom is 0.136 e. The third-order valence-corrected chi connectivity index (χ3v) is 2.03. The summed E-state index contributed by atoms with van der Waals surface area (Å²) in [5, 5.41) is 4.31. The van der Waals surface area contributed by atoms with Crippen molar-refractivity contribution in [2.75, 3.05) is 0 Å². The monoisotopic (exact) mass is 163 g/mol. The fourth-order valence-corrected chi connectivity index (χ4v) is 1.45. The maximum atomic E-state index is 4.31. The Balaban J connectivity index is 2.68. The Labute approximate surface area is 71.6 Å². The van der Waals surface area contributed by atoms with Gasteiger partial charge in [0, 0.05) is 24.5 Å². The summed E-state index contributed by atoms with van der Waals surface area (Å²) in [6.45, 7) is 6.35. The molecule has 0 atom stereocenters. The third kappa shape index (κ3) is 0.932. The predicted octanol–water partition coefficient (Wildman–Crippen LogP) is 2.03. The van der Waals surface area contributed by atoms with E-state index < -0.39 is 0 Å². The molecule has 0 saturated carbocycles. The highest BCUT2D eigenvalue weighted by molar-refractivity contribution is 5.41. The van der Waals surface area contributed by atoms with Gasteiger partial charge in [-0.3, -0.25) is 0 Å². The molecule has 2 aromatic rings. The molecular weight excluding hydrogens is 150 g/mol. The minimum atomic E-state index is 0.499. The Morgan fingerprint density at radius 3 is 2.75 bits per heavy atom. The fraction of sp³-hybridized carbons (Fsp3) is 0.444. The van der Waals surface area contributed by atoms with E-state index in [1.165, 1.54) is 5.65 Å². The van der Waals surface area contributed by atoms with E-state index in [1.807, 2.05) is 17.6 Å². The van der Waals surface area contributed by atoms with Crippen molar-refractivity contribution in [3.8, 4) is 0 Å². The van der Waals surface area contributed by atoms with E-state index in [-0.39, 0.29) is 0 Å². The zero-order valence-electron chi connectivity index (χ0n) is 7.65. The molecule has 0 fully saturated rings. The lowest BCUT2D eigenvalue weighted by molar-refractivity contribution is 0.619. The van der Waals surface area contributed by atoms with Crippen LogP contribution in [0.5, 0.6) is 0 Å². The van der Waals surface area contributed by atoms with Gasteiger partial charge in [0.15, 0.2) is 0 Å². The Morgan fingerprint density at radius 2 is 2.08 bits per heavy atom. The Kier molecular flexibility index (Phi) is 1.46. The van der Waals surface area contributed by atoms with Gasteiger partial charge in [0.05, 0.1) is 5.69 Å².